The Labute approximate surface area is 113 Å². The molecular formula is C16H32O2. The number of unbranched alkanes of at least 4 members (excludes halogenated alkanes) is 1. The van der Waals surface area contributed by atoms with E-state index in [0.717, 1.165) is 25.2 Å². The van der Waals surface area contributed by atoms with Crippen LogP contribution in [0.4, 0.5) is 0 Å². The molecule has 0 aromatic carbocycles. The summed E-state index contributed by atoms with van der Waals surface area (Å²) in [5, 5.41) is 19.4. The minimum Gasteiger partial charge on any atom is -0.396 e. The number of aliphatic hydroxyl groups is 2. The maximum absolute atomic E-state index is 10.6. The fourth-order valence-electron chi connectivity index (χ4n) is 3.34. The highest BCUT2D eigenvalue weighted by molar-refractivity contribution is 4.89. The highest BCUT2D eigenvalue weighted by Crippen LogP contribution is 2.45. The van der Waals surface area contributed by atoms with Gasteiger partial charge in [-0.2, -0.15) is 0 Å². The predicted octanol–water partition coefficient (Wildman–Crippen LogP) is 3.90. The summed E-state index contributed by atoms with van der Waals surface area (Å²) >= 11 is 0. The fourth-order valence-corrected chi connectivity index (χ4v) is 3.34. The third kappa shape index (κ3) is 4.89. The van der Waals surface area contributed by atoms with Crippen LogP contribution in [0.3, 0.4) is 0 Å². The van der Waals surface area contributed by atoms with Gasteiger partial charge in [0.1, 0.15) is 0 Å². The molecule has 0 radical (unpaired) electrons. The first-order valence-corrected chi connectivity index (χ1v) is 7.89. The first kappa shape index (κ1) is 16.0. The van der Waals surface area contributed by atoms with Gasteiger partial charge in [0, 0.05) is 6.61 Å². The fraction of sp³-hybridized carbons (Fsp3) is 1.00. The van der Waals surface area contributed by atoms with Gasteiger partial charge in [0.15, 0.2) is 0 Å². The van der Waals surface area contributed by atoms with Crippen molar-refractivity contribution in [2.45, 2.75) is 84.2 Å². The molecular weight excluding hydrogens is 224 g/mol. The zero-order valence-corrected chi connectivity index (χ0v) is 12.3. The van der Waals surface area contributed by atoms with Crippen molar-refractivity contribution in [1.82, 2.24) is 0 Å². The highest BCUT2D eigenvalue weighted by Gasteiger charge is 2.38. The van der Waals surface area contributed by atoms with Crippen LogP contribution < -0.4 is 0 Å². The van der Waals surface area contributed by atoms with Gasteiger partial charge in [-0.25, -0.2) is 0 Å². The summed E-state index contributed by atoms with van der Waals surface area (Å²) in [6.45, 7) is 4.80. The molecule has 0 bridgehead atoms. The van der Waals surface area contributed by atoms with Gasteiger partial charge in [-0.15, -0.1) is 0 Å². The lowest BCUT2D eigenvalue weighted by molar-refractivity contribution is -0.0206. The summed E-state index contributed by atoms with van der Waals surface area (Å²) in [6, 6.07) is 0. The first-order valence-electron chi connectivity index (χ1n) is 7.89. The normalized spacial score (nSPS) is 21.2. The van der Waals surface area contributed by atoms with Crippen LogP contribution >= 0.6 is 0 Å². The molecule has 1 atom stereocenters. The Morgan fingerprint density at radius 3 is 2.22 bits per heavy atom. The van der Waals surface area contributed by atoms with Crippen molar-refractivity contribution in [3.8, 4) is 0 Å². The molecule has 2 heteroatoms. The van der Waals surface area contributed by atoms with Crippen molar-refractivity contribution in [2.24, 2.45) is 11.3 Å². The zero-order chi connectivity index (χ0) is 13.4. The lowest BCUT2D eigenvalue weighted by atomic mass is 9.66. The molecule has 108 valence electrons. The summed E-state index contributed by atoms with van der Waals surface area (Å²) in [7, 11) is 0. The van der Waals surface area contributed by atoms with E-state index in [1.807, 2.05) is 0 Å². The SMILES string of the molecule is CC(C)CCC1(C(O)CCCCO)CCCCC1. The van der Waals surface area contributed by atoms with Gasteiger partial charge in [-0.05, 0) is 49.9 Å². The summed E-state index contributed by atoms with van der Waals surface area (Å²) in [5.41, 5.74) is 0.192. The van der Waals surface area contributed by atoms with Crippen molar-refractivity contribution in [3.63, 3.8) is 0 Å². The van der Waals surface area contributed by atoms with Gasteiger partial charge in [0.05, 0.1) is 6.10 Å². The molecule has 1 unspecified atom stereocenters. The molecule has 1 aliphatic rings. The minimum absolute atomic E-state index is 0.150. The van der Waals surface area contributed by atoms with E-state index in [2.05, 4.69) is 13.8 Å². The Kier molecular flexibility index (Phi) is 7.25. The van der Waals surface area contributed by atoms with E-state index in [1.165, 1.54) is 44.9 Å². The van der Waals surface area contributed by atoms with Crippen LogP contribution in [0.25, 0.3) is 0 Å². The quantitative estimate of drug-likeness (QED) is 0.647. The largest absolute Gasteiger partial charge is 0.396 e. The van der Waals surface area contributed by atoms with Crippen LogP contribution in [-0.4, -0.2) is 22.9 Å². The highest BCUT2D eigenvalue weighted by atomic mass is 16.3. The molecule has 2 nitrogen and oxygen atoms in total. The van der Waals surface area contributed by atoms with E-state index in [0.29, 0.717) is 0 Å². The summed E-state index contributed by atoms with van der Waals surface area (Å²) in [6.07, 6.45) is 11.3. The van der Waals surface area contributed by atoms with Crippen LogP contribution in [-0.2, 0) is 0 Å². The lowest BCUT2D eigenvalue weighted by Gasteiger charge is -2.42. The average molecular weight is 256 g/mol. The molecule has 1 aliphatic carbocycles. The first-order chi connectivity index (χ1) is 8.60. The van der Waals surface area contributed by atoms with Gasteiger partial charge < -0.3 is 10.2 Å². The number of hydrogen-bond donors (Lipinski definition) is 2. The Hall–Kier alpha value is -0.0800. The predicted molar refractivity (Wildman–Crippen MR) is 76.5 cm³/mol. The van der Waals surface area contributed by atoms with E-state index < -0.39 is 0 Å². The van der Waals surface area contributed by atoms with Gasteiger partial charge in [0.25, 0.3) is 0 Å². The van der Waals surface area contributed by atoms with E-state index in [-0.39, 0.29) is 18.1 Å². The van der Waals surface area contributed by atoms with Crippen LogP contribution in [0.5, 0.6) is 0 Å². The van der Waals surface area contributed by atoms with E-state index in [4.69, 9.17) is 5.11 Å². The van der Waals surface area contributed by atoms with E-state index in [9.17, 15) is 5.11 Å². The summed E-state index contributed by atoms with van der Waals surface area (Å²) in [4.78, 5) is 0. The molecule has 1 saturated carbocycles. The van der Waals surface area contributed by atoms with Gasteiger partial charge in [-0.3, -0.25) is 0 Å². The average Bonchev–Trinajstić information content (AvgIpc) is 2.37. The molecule has 0 aromatic heterocycles. The van der Waals surface area contributed by atoms with Crippen LogP contribution in [0.15, 0.2) is 0 Å². The monoisotopic (exact) mass is 256 g/mol. The Morgan fingerprint density at radius 1 is 1.00 bits per heavy atom. The van der Waals surface area contributed by atoms with Crippen molar-refractivity contribution in [3.05, 3.63) is 0 Å². The van der Waals surface area contributed by atoms with Gasteiger partial charge in [-0.1, -0.05) is 39.5 Å². The number of aliphatic hydroxyl groups excluding tert-OH is 2. The molecule has 18 heavy (non-hydrogen) atoms. The second-order valence-electron chi connectivity index (χ2n) is 6.59. The molecule has 0 amide bonds. The summed E-state index contributed by atoms with van der Waals surface area (Å²) in [5.74, 6) is 0.730. The van der Waals surface area contributed by atoms with E-state index in [1.54, 1.807) is 0 Å². The minimum atomic E-state index is -0.150. The Balaban J connectivity index is 2.52. The Bertz CT molecular complexity index is 207. The maximum Gasteiger partial charge on any atom is 0.0596 e. The second-order valence-corrected chi connectivity index (χ2v) is 6.59. The molecule has 1 rings (SSSR count). The van der Waals surface area contributed by atoms with E-state index >= 15 is 0 Å². The lowest BCUT2D eigenvalue weighted by Crippen LogP contribution is -2.37. The van der Waals surface area contributed by atoms with Crippen LogP contribution in [0, 0.1) is 11.3 Å². The van der Waals surface area contributed by atoms with Crippen molar-refractivity contribution in [2.75, 3.05) is 6.61 Å². The molecule has 0 aliphatic heterocycles. The molecule has 0 heterocycles. The summed E-state index contributed by atoms with van der Waals surface area (Å²) < 4.78 is 0. The third-order valence-corrected chi connectivity index (χ3v) is 4.66. The molecule has 0 aromatic rings. The van der Waals surface area contributed by atoms with Gasteiger partial charge in [0.2, 0.25) is 0 Å². The standard InChI is InChI=1S/C16H32O2/c1-14(2)9-12-16(10-5-3-6-11-16)15(18)8-4-7-13-17/h14-15,17-18H,3-13H2,1-2H3. The second kappa shape index (κ2) is 8.16. The topological polar surface area (TPSA) is 40.5 Å². The van der Waals surface area contributed by atoms with Crippen molar-refractivity contribution in [1.29, 1.82) is 0 Å². The molecule has 0 saturated heterocycles. The third-order valence-electron chi connectivity index (χ3n) is 4.66. The molecule has 2 N–H and O–H groups in total. The molecule has 0 spiro atoms. The van der Waals surface area contributed by atoms with Crippen molar-refractivity contribution < 1.29 is 10.2 Å². The van der Waals surface area contributed by atoms with Crippen LogP contribution in [0.1, 0.15) is 78.1 Å². The number of hydrogen-bond acceptors (Lipinski definition) is 2. The van der Waals surface area contributed by atoms with Crippen LogP contribution in [0.2, 0.25) is 0 Å². The number of rotatable bonds is 8. The smallest absolute Gasteiger partial charge is 0.0596 e. The zero-order valence-electron chi connectivity index (χ0n) is 12.3. The van der Waals surface area contributed by atoms with Gasteiger partial charge >= 0.3 is 0 Å². The Morgan fingerprint density at radius 2 is 1.67 bits per heavy atom. The maximum atomic E-state index is 10.6. The molecule has 1 fully saturated rings. The van der Waals surface area contributed by atoms with Crippen molar-refractivity contribution >= 4 is 0 Å².